The Hall–Kier alpha value is -1.94. The molecule has 0 aromatic carbocycles. The Labute approximate surface area is 101 Å². The predicted octanol–water partition coefficient (Wildman–Crippen LogP) is 0.609. The number of fused-ring (bicyclic) bond motifs is 1. The lowest BCUT2D eigenvalue weighted by molar-refractivity contribution is 0.531. The summed E-state index contributed by atoms with van der Waals surface area (Å²) < 4.78 is 6.42. The van der Waals surface area contributed by atoms with E-state index >= 15 is 0 Å². The van der Waals surface area contributed by atoms with E-state index < -0.39 is 11.2 Å². The highest BCUT2D eigenvalue weighted by atomic mass is 32.1. The van der Waals surface area contributed by atoms with Gasteiger partial charge in [0.2, 0.25) is 0 Å². The van der Waals surface area contributed by atoms with Crippen molar-refractivity contribution in [3.63, 3.8) is 0 Å². The minimum absolute atomic E-state index is 0.230. The monoisotopic (exact) mass is 250 g/mol. The van der Waals surface area contributed by atoms with Crippen LogP contribution in [-0.2, 0) is 7.05 Å². The van der Waals surface area contributed by atoms with Crippen molar-refractivity contribution >= 4 is 22.6 Å². The maximum atomic E-state index is 12.1. The van der Waals surface area contributed by atoms with E-state index in [0.29, 0.717) is 0 Å². The van der Waals surface area contributed by atoms with Crippen molar-refractivity contribution in [2.45, 2.75) is 19.9 Å². The Balaban J connectivity index is 3.12. The summed E-state index contributed by atoms with van der Waals surface area (Å²) in [5, 5.41) is 9.15. The quantitative estimate of drug-likeness (QED) is 0.742. The van der Waals surface area contributed by atoms with Gasteiger partial charge in [-0.2, -0.15) is 9.64 Å². The zero-order valence-corrected chi connectivity index (χ0v) is 10.4. The lowest BCUT2D eigenvalue weighted by atomic mass is 10.3. The summed E-state index contributed by atoms with van der Waals surface area (Å²) in [5.74, 6) is 0. The van der Waals surface area contributed by atoms with Gasteiger partial charge in [0, 0.05) is 13.1 Å². The van der Waals surface area contributed by atoms with Crippen LogP contribution in [0.2, 0.25) is 0 Å². The van der Waals surface area contributed by atoms with Gasteiger partial charge in [0.05, 0.1) is 0 Å². The Morgan fingerprint density at radius 2 is 2.06 bits per heavy atom. The minimum atomic E-state index is -0.441. The molecule has 0 fully saturated rings. The van der Waals surface area contributed by atoms with Crippen LogP contribution in [0.25, 0.3) is 11.0 Å². The van der Waals surface area contributed by atoms with Crippen LogP contribution >= 0.6 is 11.5 Å². The highest BCUT2D eigenvalue weighted by Crippen LogP contribution is 2.16. The predicted molar refractivity (Wildman–Crippen MR) is 64.2 cm³/mol. The molecule has 0 saturated carbocycles. The number of hydrogen-bond donors (Lipinski definition) is 0. The number of hydrogen-bond acceptors (Lipinski definition) is 5. The zero-order chi connectivity index (χ0) is 12.7. The highest BCUT2D eigenvalue weighted by molar-refractivity contribution is 7.07. The maximum Gasteiger partial charge on any atom is 0.332 e. The summed E-state index contributed by atoms with van der Waals surface area (Å²) in [5.41, 5.74) is -0.575. The summed E-state index contributed by atoms with van der Waals surface area (Å²) in [6, 6.07) is 1.68. The largest absolute Gasteiger partial charge is 0.332 e. The summed E-state index contributed by atoms with van der Waals surface area (Å²) in [7, 11) is 1.55. The van der Waals surface area contributed by atoms with Crippen molar-refractivity contribution in [2.24, 2.45) is 7.05 Å². The van der Waals surface area contributed by atoms with E-state index in [1.807, 2.05) is 6.07 Å². The van der Waals surface area contributed by atoms with Crippen molar-refractivity contribution in [1.82, 2.24) is 13.5 Å². The van der Waals surface area contributed by atoms with Gasteiger partial charge < -0.3 is 0 Å². The first-order valence-corrected chi connectivity index (χ1v) is 5.77. The molecule has 0 amide bonds. The van der Waals surface area contributed by atoms with Gasteiger partial charge in [-0.3, -0.25) is 13.9 Å². The third kappa shape index (κ3) is 1.49. The van der Waals surface area contributed by atoms with E-state index in [9.17, 15) is 9.59 Å². The molecule has 0 spiro atoms. The molecular weight excluding hydrogens is 240 g/mol. The molecule has 88 valence electrons. The van der Waals surface area contributed by atoms with Gasteiger partial charge in [0.1, 0.15) is 16.3 Å². The van der Waals surface area contributed by atoms with Gasteiger partial charge >= 0.3 is 5.69 Å². The van der Waals surface area contributed by atoms with Gasteiger partial charge in [-0.05, 0) is 25.4 Å². The van der Waals surface area contributed by atoms with E-state index in [1.54, 1.807) is 20.9 Å². The maximum absolute atomic E-state index is 12.1. The summed E-state index contributed by atoms with van der Waals surface area (Å²) in [6.45, 7) is 3.50. The fraction of sp³-hybridized carbons (Fsp3) is 0.400. The zero-order valence-electron chi connectivity index (χ0n) is 9.59. The first-order chi connectivity index (χ1) is 7.99. The molecule has 6 nitrogen and oxygen atoms in total. The molecule has 0 atom stereocenters. The van der Waals surface area contributed by atoms with Gasteiger partial charge in [-0.25, -0.2) is 4.79 Å². The summed E-state index contributed by atoms with van der Waals surface area (Å²) in [4.78, 5) is 24.3. The molecule has 7 heteroatoms. The van der Waals surface area contributed by atoms with Crippen LogP contribution in [0.3, 0.4) is 0 Å². The van der Waals surface area contributed by atoms with Gasteiger partial charge in [-0.1, -0.05) is 0 Å². The first-order valence-electron chi connectivity index (χ1n) is 5.00. The van der Waals surface area contributed by atoms with Crippen molar-refractivity contribution in [2.75, 3.05) is 0 Å². The molecule has 2 heterocycles. The van der Waals surface area contributed by atoms with Crippen LogP contribution < -0.4 is 11.2 Å². The van der Waals surface area contributed by atoms with Crippen molar-refractivity contribution in [3.05, 3.63) is 25.7 Å². The van der Waals surface area contributed by atoms with E-state index in [-0.39, 0.29) is 22.0 Å². The molecule has 0 unspecified atom stereocenters. The Kier molecular flexibility index (Phi) is 2.59. The molecule has 17 heavy (non-hydrogen) atoms. The Morgan fingerprint density at radius 3 is 2.59 bits per heavy atom. The molecule has 2 aromatic heterocycles. The third-order valence-electron chi connectivity index (χ3n) is 2.54. The van der Waals surface area contributed by atoms with E-state index in [4.69, 9.17) is 5.26 Å². The average molecular weight is 250 g/mol. The number of rotatable bonds is 1. The third-order valence-corrected chi connectivity index (χ3v) is 3.28. The van der Waals surface area contributed by atoms with Crippen LogP contribution in [0.1, 0.15) is 24.8 Å². The van der Waals surface area contributed by atoms with Crippen LogP contribution in [-0.4, -0.2) is 13.5 Å². The second kappa shape index (κ2) is 3.82. The molecule has 0 aliphatic rings. The molecule has 2 rings (SSSR count). The second-order valence-electron chi connectivity index (χ2n) is 3.93. The first kappa shape index (κ1) is 11.5. The van der Waals surface area contributed by atoms with E-state index in [1.165, 1.54) is 4.57 Å². The van der Waals surface area contributed by atoms with Gasteiger partial charge in [0.25, 0.3) is 5.56 Å². The fourth-order valence-corrected chi connectivity index (χ4v) is 2.40. The molecule has 0 aliphatic carbocycles. The number of aryl methyl sites for hydroxylation is 1. The Bertz CT molecular complexity index is 744. The number of nitriles is 1. The number of aromatic nitrogens is 3. The lowest BCUT2D eigenvalue weighted by Gasteiger charge is -2.10. The van der Waals surface area contributed by atoms with Crippen LogP contribution in [0.4, 0.5) is 0 Å². The van der Waals surface area contributed by atoms with Crippen molar-refractivity contribution in [1.29, 1.82) is 5.26 Å². The molecule has 0 saturated heterocycles. The fourth-order valence-electron chi connectivity index (χ4n) is 1.69. The lowest BCUT2D eigenvalue weighted by Crippen LogP contribution is -2.40. The summed E-state index contributed by atoms with van der Waals surface area (Å²) >= 11 is 0.936. The normalized spacial score (nSPS) is 11.0. The van der Waals surface area contributed by atoms with Crippen LogP contribution in [0.5, 0.6) is 0 Å². The second-order valence-corrected chi connectivity index (χ2v) is 4.71. The topological polar surface area (TPSA) is 80.7 Å². The molecule has 2 aromatic rings. The van der Waals surface area contributed by atoms with Crippen LogP contribution in [0, 0.1) is 11.3 Å². The van der Waals surface area contributed by atoms with Crippen LogP contribution in [0.15, 0.2) is 9.59 Å². The Morgan fingerprint density at radius 1 is 1.41 bits per heavy atom. The molecule has 0 radical (unpaired) electrons. The highest BCUT2D eigenvalue weighted by Gasteiger charge is 2.18. The SMILES string of the molecule is CC(C)n1c(=O)c2c(C#N)snc2n(C)c1=O. The van der Waals surface area contributed by atoms with Crippen molar-refractivity contribution < 1.29 is 0 Å². The number of nitrogens with zero attached hydrogens (tertiary/aromatic N) is 4. The minimum Gasteiger partial charge on any atom is -0.280 e. The van der Waals surface area contributed by atoms with Gasteiger partial charge in [-0.15, -0.1) is 0 Å². The van der Waals surface area contributed by atoms with Gasteiger partial charge in [0.15, 0.2) is 5.65 Å². The standard InChI is InChI=1S/C10H10N4O2S/c1-5(2)14-9(15)7-6(4-11)17-12-8(7)13(3)10(14)16/h5H,1-3H3. The molecule has 0 aliphatic heterocycles. The van der Waals surface area contributed by atoms with Crippen molar-refractivity contribution in [3.8, 4) is 6.07 Å². The average Bonchev–Trinajstić information content (AvgIpc) is 2.69. The molecule has 0 N–H and O–H groups in total. The summed E-state index contributed by atoms with van der Waals surface area (Å²) in [6.07, 6.45) is 0. The molecular formula is C10H10N4O2S. The smallest absolute Gasteiger partial charge is 0.280 e. The van der Waals surface area contributed by atoms with E-state index in [0.717, 1.165) is 16.1 Å². The van der Waals surface area contributed by atoms with E-state index in [2.05, 4.69) is 4.37 Å². The molecule has 0 bridgehead atoms.